The van der Waals surface area contributed by atoms with Gasteiger partial charge in [-0.3, -0.25) is 4.79 Å². The summed E-state index contributed by atoms with van der Waals surface area (Å²) in [5, 5.41) is 11.4. The maximum absolute atomic E-state index is 11.4. The second-order valence-electron chi connectivity index (χ2n) is 4.66. The van der Waals surface area contributed by atoms with Crippen molar-refractivity contribution in [1.29, 1.82) is 0 Å². The maximum Gasteiger partial charge on any atom is 0.271 e. The molecule has 1 unspecified atom stereocenters. The van der Waals surface area contributed by atoms with E-state index in [-0.39, 0.29) is 5.91 Å². The first-order valence-corrected chi connectivity index (χ1v) is 7.87. The predicted octanol–water partition coefficient (Wildman–Crippen LogP) is 1.56. The average Bonchev–Trinajstić information content (AvgIpc) is 2.72. The quantitative estimate of drug-likeness (QED) is 0.910. The van der Waals surface area contributed by atoms with E-state index in [4.69, 9.17) is 0 Å². The molecule has 6 heteroatoms. The fourth-order valence-corrected chi connectivity index (χ4v) is 2.98. The van der Waals surface area contributed by atoms with E-state index in [2.05, 4.69) is 26.7 Å². The first kappa shape index (κ1) is 14.1. The molecule has 1 N–H and O–H groups in total. The Kier molecular flexibility index (Phi) is 5.01. The molecule has 0 saturated carbocycles. The number of hydrogen-bond acceptors (Lipinski definition) is 5. The van der Waals surface area contributed by atoms with Gasteiger partial charge in [0.25, 0.3) is 5.91 Å². The van der Waals surface area contributed by atoms with E-state index in [1.165, 1.54) is 19.3 Å². The van der Waals surface area contributed by atoms with Gasteiger partial charge < -0.3 is 10.2 Å². The molecule has 0 bridgehead atoms. The Morgan fingerprint density at radius 3 is 2.89 bits per heavy atom. The Morgan fingerprint density at radius 1 is 1.42 bits per heavy atom. The van der Waals surface area contributed by atoms with Gasteiger partial charge in [-0.25, -0.2) is 0 Å². The number of amides is 1. The summed E-state index contributed by atoms with van der Waals surface area (Å²) >= 11 is 1.92. The number of carbonyl (C=O) groups excluding carboxylic acids is 1. The topological polar surface area (TPSA) is 58.1 Å². The largest absolute Gasteiger partial charge is 0.354 e. The predicted molar refractivity (Wildman–Crippen MR) is 78.8 cm³/mol. The van der Waals surface area contributed by atoms with Gasteiger partial charge in [0.1, 0.15) is 0 Å². The van der Waals surface area contributed by atoms with E-state index in [0.29, 0.717) is 10.9 Å². The van der Waals surface area contributed by atoms with Gasteiger partial charge in [0.2, 0.25) is 0 Å². The zero-order valence-corrected chi connectivity index (χ0v) is 12.2. The van der Waals surface area contributed by atoms with Crippen molar-refractivity contribution in [2.45, 2.75) is 24.5 Å². The molecule has 1 aromatic heterocycles. The zero-order chi connectivity index (χ0) is 13.7. The van der Waals surface area contributed by atoms with Crippen LogP contribution >= 0.6 is 11.8 Å². The highest BCUT2D eigenvalue weighted by molar-refractivity contribution is 7.99. The number of nitrogens with zero attached hydrogens (tertiary/aromatic N) is 3. The number of aromatic nitrogens is 2. The second kappa shape index (κ2) is 6.75. The Labute approximate surface area is 118 Å². The molecule has 1 amide bonds. The summed E-state index contributed by atoms with van der Waals surface area (Å²) in [4.78, 5) is 13.7. The van der Waals surface area contributed by atoms with E-state index in [9.17, 15) is 4.79 Å². The normalized spacial score (nSPS) is 19.9. The molecule has 0 aromatic carbocycles. The summed E-state index contributed by atoms with van der Waals surface area (Å²) in [5.41, 5.74) is 0.363. The second-order valence-corrected chi connectivity index (χ2v) is 5.79. The van der Waals surface area contributed by atoms with Crippen LogP contribution in [-0.4, -0.2) is 47.7 Å². The SMILES string of the molecule is CNC(=O)c1ccc(N2CCCCC(SC)C2)nn1. The number of rotatable bonds is 3. The smallest absolute Gasteiger partial charge is 0.271 e. The zero-order valence-electron chi connectivity index (χ0n) is 11.4. The molecule has 1 aliphatic rings. The molecule has 1 aromatic rings. The van der Waals surface area contributed by atoms with Crippen LogP contribution in [0.5, 0.6) is 0 Å². The Morgan fingerprint density at radius 2 is 2.26 bits per heavy atom. The molecule has 2 rings (SSSR count). The van der Waals surface area contributed by atoms with Gasteiger partial charge in [0.15, 0.2) is 11.5 Å². The summed E-state index contributed by atoms with van der Waals surface area (Å²) in [6, 6.07) is 3.63. The molecule has 1 fully saturated rings. The third-order valence-electron chi connectivity index (χ3n) is 3.40. The van der Waals surface area contributed by atoms with Crippen LogP contribution in [0.4, 0.5) is 5.82 Å². The highest BCUT2D eigenvalue weighted by Gasteiger charge is 2.19. The summed E-state index contributed by atoms with van der Waals surface area (Å²) in [6.45, 7) is 2.03. The molecule has 2 heterocycles. The van der Waals surface area contributed by atoms with Gasteiger partial charge in [-0.2, -0.15) is 11.8 Å². The Balaban J connectivity index is 2.09. The standard InChI is InChI=1S/C13H20N4OS/c1-14-13(18)11-6-7-12(16-15-11)17-8-4-3-5-10(9-17)19-2/h6-7,10H,3-5,8-9H2,1-2H3,(H,14,18). The lowest BCUT2D eigenvalue weighted by atomic mass is 10.2. The molecule has 0 aliphatic carbocycles. The van der Waals surface area contributed by atoms with Crippen LogP contribution in [0.15, 0.2) is 12.1 Å². The van der Waals surface area contributed by atoms with Gasteiger partial charge in [-0.1, -0.05) is 6.42 Å². The number of thioether (sulfide) groups is 1. The number of anilines is 1. The number of nitrogens with one attached hydrogen (secondary N) is 1. The van der Waals surface area contributed by atoms with Crippen molar-refractivity contribution < 1.29 is 4.79 Å². The molecule has 104 valence electrons. The van der Waals surface area contributed by atoms with E-state index >= 15 is 0 Å². The lowest BCUT2D eigenvalue weighted by Gasteiger charge is -2.24. The number of carbonyl (C=O) groups is 1. The molecule has 0 radical (unpaired) electrons. The van der Waals surface area contributed by atoms with Crippen molar-refractivity contribution in [3.63, 3.8) is 0 Å². The van der Waals surface area contributed by atoms with Crippen LogP contribution in [0, 0.1) is 0 Å². The lowest BCUT2D eigenvalue weighted by molar-refractivity contribution is 0.0957. The fourth-order valence-electron chi connectivity index (χ4n) is 2.25. The minimum absolute atomic E-state index is 0.197. The summed E-state index contributed by atoms with van der Waals surface area (Å²) in [7, 11) is 1.59. The van der Waals surface area contributed by atoms with E-state index in [0.717, 1.165) is 18.9 Å². The van der Waals surface area contributed by atoms with Crippen LogP contribution in [0.2, 0.25) is 0 Å². The summed E-state index contributed by atoms with van der Waals surface area (Å²) in [5.74, 6) is 0.672. The third kappa shape index (κ3) is 3.59. The Hall–Kier alpha value is -1.30. The summed E-state index contributed by atoms with van der Waals surface area (Å²) < 4.78 is 0. The minimum Gasteiger partial charge on any atom is -0.354 e. The average molecular weight is 280 g/mol. The van der Waals surface area contributed by atoms with E-state index < -0.39 is 0 Å². The molecular weight excluding hydrogens is 260 g/mol. The van der Waals surface area contributed by atoms with Crippen molar-refractivity contribution >= 4 is 23.5 Å². The van der Waals surface area contributed by atoms with Crippen molar-refractivity contribution in [1.82, 2.24) is 15.5 Å². The fraction of sp³-hybridized carbons (Fsp3) is 0.615. The van der Waals surface area contributed by atoms with Crippen LogP contribution in [-0.2, 0) is 0 Å². The molecule has 19 heavy (non-hydrogen) atoms. The van der Waals surface area contributed by atoms with Crippen LogP contribution in [0.3, 0.4) is 0 Å². The first-order chi connectivity index (χ1) is 9.24. The lowest BCUT2D eigenvalue weighted by Crippen LogP contribution is -2.30. The van der Waals surface area contributed by atoms with Gasteiger partial charge in [0, 0.05) is 25.4 Å². The molecule has 5 nitrogen and oxygen atoms in total. The highest BCUT2D eigenvalue weighted by Crippen LogP contribution is 2.23. The van der Waals surface area contributed by atoms with Crippen LogP contribution < -0.4 is 10.2 Å². The van der Waals surface area contributed by atoms with Gasteiger partial charge >= 0.3 is 0 Å². The van der Waals surface area contributed by atoms with Crippen molar-refractivity contribution in [2.75, 3.05) is 31.3 Å². The van der Waals surface area contributed by atoms with Crippen LogP contribution in [0.25, 0.3) is 0 Å². The minimum atomic E-state index is -0.197. The van der Waals surface area contributed by atoms with Gasteiger partial charge in [-0.05, 0) is 31.2 Å². The maximum atomic E-state index is 11.4. The van der Waals surface area contributed by atoms with Crippen LogP contribution in [0.1, 0.15) is 29.8 Å². The summed E-state index contributed by atoms with van der Waals surface area (Å²) in [6.07, 6.45) is 5.89. The molecule has 1 atom stereocenters. The van der Waals surface area contributed by atoms with Gasteiger partial charge in [-0.15, -0.1) is 10.2 Å². The monoisotopic (exact) mass is 280 g/mol. The molecule has 1 saturated heterocycles. The van der Waals surface area contributed by atoms with Crippen molar-refractivity contribution in [3.8, 4) is 0 Å². The Bertz CT molecular complexity index is 423. The number of hydrogen-bond donors (Lipinski definition) is 1. The highest BCUT2D eigenvalue weighted by atomic mass is 32.2. The molecular formula is C13H20N4OS. The van der Waals surface area contributed by atoms with E-state index in [1.807, 2.05) is 17.8 Å². The van der Waals surface area contributed by atoms with Gasteiger partial charge in [0.05, 0.1) is 0 Å². The van der Waals surface area contributed by atoms with Crippen molar-refractivity contribution in [3.05, 3.63) is 17.8 Å². The molecule has 0 spiro atoms. The van der Waals surface area contributed by atoms with Crippen molar-refractivity contribution in [2.24, 2.45) is 0 Å². The first-order valence-electron chi connectivity index (χ1n) is 6.58. The van der Waals surface area contributed by atoms with E-state index in [1.54, 1.807) is 13.1 Å². The third-order valence-corrected chi connectivity index (χ3v) is 4.45. The molecule has 1 aliphatic heterocycles.